The molecule has 4 nitrogen and oxygen atoms in total. The fourth-order valence-corrected chi connectivity index (χ4v) is 1.86. The van der Waals surface area contributed by atoms with E-state index in [4.69, 9.17) is 10.5 Å². The van der Waals surface area contributed by atoms with E-state index < -0.39 is 0 Å². The van der Waals surface area contributed by atoms with E-state index in [9.17, 15) is 4.39 Å². The van der Waals surface area contributed by atoms with Crippen LogP contribution in [0.25, 0.3) is 11.3 Å². The second-order valence-corrected chi connectivity index (χ2v) is 5.29. The Hall–Kier alpha value is -2.31. The van der Waals surface area contributed by atoms with Gasteiger partial charge in [0.2, 0.25) is 0 Å². The van der Waals surface area contributed by atoms with E-state index >= 15 is 0 Å². The van der Waals surface area contributed by atoms with Gasteiger partial charge in [-0.15, -0.1) is 11.8 Å². The van der Waals surface area contributed by atoms with Gasteiger partial charge in [0, 0.05) is 12.1 Å². The van der Waals surface area contributed by atoms with Crippen LogP contribution in [0.3, 0.4) is 0 Å². The summed E-state index contributed by atoms with van der Waals surface area (Å²) in [4.78, 5) is 6.97. The molecule has 128 valence electrons. The van der Waals surface area contributed by atoms with Gasteiger partial charge in [-0.25, -0.2) is 9.37 Å². The molecular formula is C18H22FN3OS. The first-order valence-corrected chi connectivity index (χ1v) is 8.54. The molecule has 0 aliphatic carbocycles. The fraction of sp³-hybridized carbons (Fsp3) is 0.167. The molecule has 0 radical (unpaired) electrons. The number of benzene rings is 1. The number of nitrogens with zero attached hydrogens (tertiary/aromatic N) is 1. The Bertz CT molecular complexity index is 637. The van der Waals surface area contributed by atoms with Gasteiger partial charge in [0.25, 0.3) is 0 Å². The van der Waals surface area contributed by atoms with Crippen molar-refractivity contribution >= 4 is 11.8 Å². The monoisotopic (exact) mass is 347 g/mol. The summed E-state index contributed by atoms with van der Waals surface area (Å²) in [5, 5.41) is 1.98. The lowest BCUT2D eigenvalue weighted by Crippen LogP contribution is -2.10. The van der Waals surface area contributed by atoms with E-state index in [1.165, 1.54) is 0 Å². The number of thioether (sulfide) groups is 1. The number of imidazole rings is 1. The van der Waals surface area contributed by atoms with Crippen LogP contribution in [0.15, 0.2) is 72.8 Å². The number of hydrogen-bond donors (Lipinski definition) is 2. The molecule has 6 heteroatoms. The Morgan fingerprint density at radius 3 is 2.62 bits per heavy atom. The Morgan fingerprint density at radius 2 is 2.17 bits per heavy atom. The van der Waals surface area contributed by atoms with E-state index in [0.717, 1.165) is 11.3 Å². The summed E-state index contributed by atoms with van der Waals surface area (Å²) in [5.74, 6) is 0.672. The van der Waals surface area contributed by atoms with Gasteiger partial charge in [-0.1, -0.05) is 18.7 Å². The number of ether oxygens (including phenoxy) is 1. The van der Waals surface area contributed by atoms with Crippen LogP contribution in [-0.2, 0) is 0 Å². The molecule has 2 aromatic rings. The Labute approximate surface area is 146 Å². The third kappa shape index (κ3) is 7.30. The van der Waals surface area contributed by atoms with Crippen molar-refractivity contribution < 1.29 is 9.13 Å². The zero-order valence-corrected chi connectivity index (χ0v) is 14.4. The molecule has 0 saturated heterocycles. The van der Waals surface area contributed by atoms with Crippen LogP contribution < -0.4 is 10.5 Å². The molecule has 0 unspecified atom stereocenters. The first-order chi connectivity index (χ1) is 11.7. The van der Waals surface area contributed by atoms with Crippen molar-refractivity contribution in [3.05, 3.63) is 72.8 Å². The highest BCUT2D eigenvalue weighted by atomic mass is 32.2. The van der Waals surface area contributed by atoms with Crippen LogP contribution >= 0.6 is 11.8 Å². The van der Waals surface area contributed by atoms with Gasteiger partial charge in [-0.05, 0) is 41.5 Å². The normalized spacial score (nSPS) is 11.0. The SMILES string of the molecule is C=C/C=C\SC.NC/C(=C\F)COc1ccc(-c2cnc[nH]2)cc1. The van der Waals surface area contributed by atoms with E-state index in [2.05, 4.69) is 16.5 Å². The van der Waals surface area contributed by atoms with Crippen molar-refractivity contribution in [1.29, 1.82) is 0 Å². The minimum absolute atomic E-state index is 0.155. The molecule has 1 heterocycles. The minimum atomic E-state index is 0.155. The van der Waals surface area contributed by atoms with Gasteiger partial charge in [0.1, 0.15) is 12.4 Å². The Morgan fingerprint density at radius 1 is 1.42 bits per heavy atom. The average molecular weight is 347 g/mol. The van der Waals surface area contributed by atoms with Gasteiger partial charge in [0.15, 0.2) is 0 Å². The van der Waals surface area contributed by atoms with E-state index in [-0.39, 0.29) is 13.2 Å². The zero-order chi connectivity index (χ0) is 17.6. The Kier molecular flexibility index (Phi) is 9.99. The maximum absolute atomic E-state index is 12.3. The predicted octanol–water partition coefficient (Wildman–Crippen LogP) is 4.32. The lowest BCUT2D eigenvalue weighted by molar-refractivity contribution is 0.347. The third-order valence-electron chi connectivity index (χ3n) is 2.85. The quantitative estimate of drug-likeness (QED) is 0.732. The van der Waals surface area contributed by atoms with Crippen LogP contribution in [0.2, 0.25) is 0 Å². The predicted molar refractivity (Wildman–Crippen MR) is 101 cm³/mol. The fourth-order valence-electron chi connectivity index (χ4n) is 1.59. The summed E-state index contributed by atoms with van der Waals surface area (Å²) in [7, 11) is 0. The van der Waals surface area contributed by atoms with Crippen molar-refractivity contribution in [3.8, 4) is 17.0 Å². The van der Waals surface area contributed by atoms with Crippen LogP contribution in [0.5, 0.6) is 5.75 Å². The van der Waals surface area contributed by atoms with Crippen molar-refractivity contribution in [1.82, 2.24) is 9.97 Å². The lowest BCUT2D eigenvalue weighted by Gasteiger charge is -2.07. The molecule has 0 spiro atoms. The highest BCUT2D eigenvalue weighted by Gasteiger charge is 2.01. The van der Waals surface area contributed by atoms with Crippen LogP contribution in [0.4, 0.5) is 4.39 Å². The molecular weight excluding hydrogens is 325 g/mol. The Balaban J connectivity index is 0.000000413. The molecule has 2 rings (SSSR count). The average Bonchev–Trinajstić information content (AvgIpc) is 3.16. The number of hydrogen-bond acceptors (Lipinski definition) is 4. The van der Waals surface area contributed by atoms with Gasteiger partial charge in [0.05, 0.1) is 24.5 Å². The first kappa shape index (κ1) is 19.7. The van der Waals surface area contributed by atoms with E-state index in [1.807, 2.05) is 42.0 Å². The number of aromatic nitrogens is 2. The molecule has 0 aliphatic rings. The number of aromatic amines is 1. The van der Waals surface area contributed by atoms with Gasteiger partial charge >= 0.3 is 0 Å². The smallest absolute Gasteiger partial charge is 0.119 e. The van der Waals surface area contributed by atoms with E-state index in [0.29, 0.717) is 17.7 Å². The summed E-state index contributed by atoms with van der Waals surface area (Å²) in [6.45, 7) is 3.82. The molecule has 0 aliphatic heterocycles. The highest BCUT2D eigenvalue weighted by Crippen LogP contribution is 2.20. The molecule has 3 N–H and O–H groups in total. The van der Waals surface area contributed by atoms with Crippen LogP contribution in [-0.4, -0.2) is 29.4 Å². The third-order valence-corrected chi connectivity index (χ3v) is 3.28. The largest absolute Gasteiger partial charge is 0.489 e. The van der Waals surface area contributed by atoms with Crippen molar-refractivity contribution in [3.63, 3.8) is 0 Å². The number of halogens is 1. The molecule has 0 bridgehead atoms. The van der Waals surface area contributed by atoms with Crippen molar-refractivity contribution in [2.24, 2.45) is 5.73 Å². The highest BCUT2D eigenvalue weighted by molar-refractivity contribution is 8.01. The summed E-state index contributed by atoms with van der Waals surface area (Å²) in [6, 6.07) is 7.46. The number of nitrogens with one attached hydrogen (secondary N) is 1. The summed E-state index contributed by atoms with van der Waals surface area (Å²) in [5.41, 5.74) is 7.71. The minimum Gasteiger partial charge on any atom is -0.489 e. The molecule has 24 heavy (non-hydrogen) atoms. The topological polar surface area (TPSA) is 63.9 Å². The second-order valence-electron chi connectivity index (χ2n) is 4.55. The maximum atomic E-state index is 12.3. The summed E-state index contributed by atoms with van der Waals surface area (Å²) in [6.07, 6.45) is 9.54. The second kappa shape index (κ2) is 12.2. The van der Waals surface area contributed by atoms with Gasteiger partial charge < -0.3 is 15.5 Å². The molecule has 0 fully saturated rings. The first-order valence-electron chi connectivity index (χ1n) is 7.25. The van der Waals surface area contributed by atoms with Crippen molar-refractivity contribution in [2.45, 2.75) is 0 Å². The number of H-pyrrole nitrogens is 1. The molecule has 0 atom stereocenters. The number of nitrogens with two attached hydrogens (primary N) is 1. The number of rotatable bonds is 7. The standard InChI is InChI=1S/C13H14FN3O.C5H8S/c14-5-10(6-15)8-18-12-3-1-11(2-4-12)13-7-16-9-17-13;1-3-4-5-6-2/h1-5,7,9H,6,8,15H2,(H,16,17);3-5H,1H2,2H3/b10-5+;5-4-. The molecule has 0 amide bonds. The van der Waals surface area contributed by atoms with Gasteiger partial charge in [-0.2, -0.15) is 0 Å². The van der Waals surface area contributed by atoms with E-state index in [1.54, 1.807) is 30.4 Å². The lowest BCUT2D eigenvalue weighted by atomic mass is 10.2. The van der Waals surface area contributed by atoms with Crippen LogP contribution in [0.1, 0.15) is 0 Å². The summed E-state index contributed by atoms with van der Waals surface area (Å²) >= 11 is 1.67. The van der Waals surface area contributed by atoms with Crippen molar-refractivity contribution in [2.75, 3.05) is 19.4 Å². The van der Waals surface area contributed by atoms with Gasteiger partial charge in [-0.3, -0.25) is 0 Å². The van der Waals surface area contributed by atoms with Crippen LogP contribution in [0, 0.1) is 0 Å². The number of allylic oxidation sites excluding steroid dienone is 2. The zero-order valence-electron chi connectivity index (χ0n) is 13.6. The molecule has 1 aromatic heterocycles. The molecule has 0 saturated carbocycles. The maximum Gasteiger partial charge on any atom is 0.119 e. The molecule has 1 aromatic carbocycles. The summed E-state index contributed by atoms with van der Waals surface area (Å²) < 4.78 is 17.7.